The number of nitrogens with zero attached hydrogens (tertiary/aromatic N) is 4. The van der Waals surface area contributed by atoms with Crippen LogP contribution in [0.1, 0.15) is 19.3 Å². The number of aromatic nitrogens is 3. The van der Waals surface area contributed by atoms with E-state index in [0.29, 0.717) is 25.0 Å². The molecule has 1 unspecified atom stereocenters. The first kappa shape index (κ1) is 16.9. The summed E-state index contributed by atoms with van der Waals surface area (Å²) in [5.41, 5.74) is -0.0120. The van der Waals surface area contributed by atoms with E-state index < -0.39 is 15.8 Å². The quantitative estimate of drug-likeness (QED) is 0.684. The number of benzene rings is 1. The first-order valence-corrected chi connectivity index (χ1v) is 10.4. The molecule has 7 nitrogen and oxygen atoms in total. The maximum atomic E-state index is 13.9. The smallest absolute Gasteiger partial charge is 0.243 e. The van der Waals surface area contributed by atoms with Crippen LogP contribution in [-0.2, 0) is 16.6 Å². The number of halogens is 1. The van der Waals surface area contributed by atoms with Crippen molar-refractivity contribution in [3.05, 3.63) is 42.9 Å². The van der Waals surface area contributed by atoms with Gasteiger partial charge in [-0.2, -0.15) is 4.31 Å². The maximum Gasteiger partial charge on any atom is 0.243 e. The van der Waals surface area contributed by atoms with E-state index >= 15 is 0 Å². The highest BCUT2D eigenvalue weighted by Gasteiger charge is 2.53. The maximum absolute atomic E-state index is 13.9. The Morgan fingerprint density at radius 2 is 2.00 bits per heavy atom. The molecule has 2 aliphatic rings. The largest absolute Gasteiger partial charge is 0.461 e. The number of sulfonamides is 1. The third-order valence-corrected chi connectivity index (χ3v) is 8.04. The Kier molecular flexibility index (Phi) is 3.67. The molecule has 1 aromatic carbocycles. The molecule has 2 fully saturated rings. The van der Waals surface area contributed by atoms with Gasteiger partial charge in [-0.25, -0.2) is 12.8 Å². The fourth-order valence-corrected chi connectivity index (χ4v) is 6.31. The summed E-state index contributed by atoms with van der Waals surface area (Å²) in [6, 6.07) is 4.00. The molecule has 0 bridgehead atoms. The van der Waals surface area contributed by atoms with Gasteiger partial charge in [0.1, 0.15) is 12.7 Å². The topological polar surface area (TPSA) is 81.2 Å². The predicted molar refractivity (Wildman–Crippen MR) is 94.7 cm³/mol. The lowest BCUT2D eigenvalue weighted by Crippen LogP contribution is -2.39. The molecule has 0 radical (unpaired) electrons. The molecule has 1 aliphatic carbocycles. The van der Waals surface area contributed by atoms with Crippen molar-refractivity contribution in [2.45, 2.75) is 30.7 Å². The van der Waals surface area contributed by atoms with Crippen molar-refractivity contribution < 1.29 is 17.2 Å². The van der Waals surface area contributed by atoms with Gasteiger partial charge in [-0.15, -0.1) is 10.2 Å². The van der Waals surface area contributed by atoms with Crippen LogP contribution in [0.5, 0.6) is 0 Å². The third kappa shape index (κ3) is 2.52. The van der Waals surface area contributed by atoms with Crippen molar-refractivity contribution in [3.63, 3.8) is 0 Å². The van der Waals surface area contributed by atoms with Crippen LogP contribution in [0.3, 0.4) is 0 Å². The first-order valence-electron chi connectivity index (χ1n) is 8.98. The predicted octanol–water partition coefficient (Wildman–Crippen LogP) is 2.65. The van der Waals surface area contributed by atoms with Crippen LogP contribution in [0, 0.1) is 17.2 Å². The lowest BCUT2D eigenvalue weighted by atomic mass is 9.63. The van der Waals surface area contributed by atoms with E-state index in [9.17, 15) is 12.8 Å². The molecule has 2 aromatic heterocycles. The summed E-state index contributed by atoms with van der Waals surface area (Å²) in [6.07, 6.45) is 7.82. The Morgan fingerprint density at radius 1 is 1.22 bits per heavy atom. The number of furan rings is 1. The van der Waals surface area contributed by atoms with E-state index in [2.05, 4.69) is 10.2 Å². The Balaban J connectivity index is 1.50. The average molecular weight is 390 g/mol. The summed E-state index contributed by atoms with van der Waals surface area (Å²) >= 11 is 0. The normalized spacial score (nSPS) is 22.5. The lowest BCUT2D eigenvalue weighted by molar-refractivity contribution is 0.0846. The molecule has 1 atom stereocenters. The van der Waals surface area contributed by atoms with Gasteiger partial charge in [-0.3, -0.25) is 0 Å². The van der Waals surface area contributed by atoms with Gasteiger partial charge in [0.25, 0.3) is 0 Å². The monoisotopic (exact) mass is 390 g/mol. The van der Waals surface area contributed by atoms with Gasteiger partial charge in [-0.1, -0.05) is 6.42 Å². The van der Waals surface area contributed by atoms with Crippen LogP contribution in [0.4, 0.5) is 4.39 Å². The van der Waals surface area contributed by atoms with Gasteiger partial charge in [-0.05, 0) is 42.4 Å². The average Bonchev–Trinajstić information content (AvgIpc) is 3.34. The van der Waals surface area contributed by atoms with E-state index in [0.717, 1.165) is 25.3 Å². The molecule has 1 spiro atoms. The van der Waals surface area contributed by atoms with Crippen LogP contribution in [0.2, 0.25) is 0 Å². The third-order valence-electron chi connectivity index (χ3n) is 6.17. The highest BCUT2D eigenvalue weighted by atomic mass is 32.2. The van der Waals surface area contributed by atoms with E-state index in [4.69, 9.17) is 4.42 Å². The van der Waals surface area contributed by atoms with Gasteiger partial charge >= 0.3 is 0 Å². The minimum atomic E-state index is -3.74. The zero-order chi connectivity index (χ0) is 18.6. The van der Waals surface area contributed by atoms with Crippen LogP contribution in [0.15, 0.2) is 46.4 Å². The minimum absolute atomic E-state index is 0.00683. The zero-order valence-electron chi connectivity index (χ0n) is 14.6. The molecular formula is C18H19FN4O3S. The Labute approximate surface area is 155 Å². The summed E-state index contributed by atoms with van der Waals surface area (Å²) in [4.78, 5) is 0.104. The Morgan fingerprint density at radius 3 is 2.70 bits per heavy atom. The first-order chi connectivity index (χ1) is 13.0. The Bertz CT molecular complexity index is 1090. The molecule has 27 heavy (non-hydrogen) atoms. The van der Waals surface area contributed by atoms with Crippen LogP contribution in [0.25, 0.3) is 11.0 Å². The van der Waals surface area contributed by atoms with Gasteiger partial charge in [0, 0.05) is 25.0 Å². The summed E-state index contributed by atoms with van der Waals surface area (Å²) in [5.74, 6) is -0.353. The molecule has 3 aromatic rings. The van der Waals surface area contributed by atoms with Crippen molar-refractivity contribution in [1.29, 1.82) is 0 Å². The Hall–Kier alpha value is -2.26. The summed E-state index contributed by atoms with van der Waals surface area (Å²) in [7, 11) is -3.74. The number of hydrogen-bond donors (Lipinski definition) is 0. The van der Waals surface area contributed by atoms with E-state index in [1.165, 1.54) is 18.4 Å². The van der Waals surface area contributed by atoms with Crippen LogP contribution < -0.4 is 0 Å². The number of hydrogen-bond acceptors (Lipinski definition) is 5. The van der Waals surface area contributed by atoms with Crippen molar-refractivity contribution in [1.82, 2.24) is 19.1 Å². The second-order valence-electron chi connectivity index (χ2n) is 7.58. The molecule has 1 aliphatic heterocycles. The highest BCUT2D eigenvalue weighted by Crippen LogP contribution is 2.53. The minimum Gasteiger partial charge on any atom is -0.461 e. The summed E-state index contributed by atoms with van der Waals surface area (Å²) < 4.78 is 49.2. The van der Waals surface area contributed by atoms with E-state index in [-0.39, 0.29) is 21.8 Å². The van der Waals surface area contributed by atoms with Crippen molar-refractivity contribution in [2.75, 3.05) is 13.1 Å². The van der Waals surface area contributed by atoms with Gasteiger partial charge in [0.05, 0.1) is 11.2 Å². The molecule has 3 heterocycles. The van der Waals surface area contributed by atoms with Crippen molar-refractivity contribution in [2.24, 2.45) is 11.3 Å². The van der Waals surface area contributed by atoms with Crippen LogP contribution in [-0.4, -0.2) is 40.6 Å². The summed E-state index contributed by atoms with van der Waals surface area (Å²) in [6.45, 7) is 1.64. The second-order valence-corrected chi connectivity index (χ2v) is 9.48. The second kappa shape index (κ2) is 5.87. The standard InChI is InChI=1S/C18H19FN4O3S/c19-15-2-3-16(14-4-7-26-17(14)15)27(24,25)23-9-13(8-22-11-20-21-12-22)18(10-23)5-1-6-18/h2-4,7,11-13H,1,5-6,8-10H2. The SMILES string of the molecule is O=S(=O)(c1ccc(F)c2occc12)N1CC(Cn2cnnc2)C2(CCC2)C1. The number of rotatable bonds is 4. The van der Waals surface area contributed by atoms with E-state index in [1.54, 1.807) is 17.0 Å². The molecule has 0 amide bonds. The molecule has 5 rings (SSSR count). The van der Waals surface area contributed by atoms with Gasteiger partial charge in [0.15, 0.2) is 11.4 Å². The highest BCUT2D eigenvalue weighted by molar-refractivity contribution is 7.89. The molecule has 142 valence electrons. The number of fused-ring (bicyclic) bond motifs is 1. The summed E-state index contributed by atoms with van der Waals surface area (Å²) in [5, 5.41) is 7.98. The zero-order valence-corrected chi connectivity index (χ0v) is 15.4. The van der Waals surface area contributed by atoms with Gasteiger partial charge in [0.2, 0.25) is 10.0 Å². The fourth-order valence-electron chi connectivity index (χ4n) is 4.55. The molecular weight excluding hydrogens is 371 g/mol. The molecule has 9 heteroatoms. The molecule has 0 N–H and O–H groups in total. The lowest BCUT2D eigenvalue weighted by Gasteiger charge is -2.43. The van der Waals surface area contributed by atoms with Crippen molar-refractivity contribution in [3.8, 4) is 0 Å². The van der Waals surface area contributed by atoms with E-state index in [1.807, 2.05) is 4.57 Å². The van der Waals surface area contributed by atoms with Crippen LogP contribution >= 0.6 is 0 Å². The fraction of sp³-hybridized carbons (Fsp3) is 0.444. The van der Waals surface area contributed by atoms with Gasteiger partial charge < -0.3 is 8.98 Å². The molecule has 1 saturated carbocycles. The molecule has 1 saturated heterocycles. The van der Waals surface area contributed by atoms with Crippen molar-refractivity contribution >= 4 is 21.0 Å².